The van der Waals surface area contributed by atoms with E-state index in [0.717, 1.165) is 25.9 Å². The summed E-state index contributed by atoms with van der Waals surface area (Å²) in [6.07, 6.45) is 5.49. The molecule has 0 bridgehead atoms. The van der Waals surface area contributed by atoms with Gasteiger partial charge in [0.1, 0.15) is 5.54 Å². The molecule has 1 fully saturated rings. The summed E-state index contributed by atoms with van der Waals surface area (Å²) in [4.78, 5) is 0. The molecule has 0 heterocycles. The molecule has 0 spiro atoms. The molecule has 0 amide bonds. The number of ether oxygens (including phenoxy) is 2. The lowest BCUT2D eigenvalue weighted by Crippen LogP contribution is -2.42. The molecule has 104 valence electrons. The fourth-order valence-electron chi connectivity index (χ4n) is 1.99. The molecule has 4 heteroatoms. The highest BCUT2D eigenvalue weighted by molar-refractivity contribution is 5.06. The van der Waals surface area contributed by atoms with E-state index in [1.165, 1.54) is 12.8 Å². The maximum absolute atomic E-state index is 9.22. The second-order valence-corrected chi connectivity index (χ2v) is 5.46. The Bertz CT molecular complexity index is 273. The van der Waals surface area contributed by atoms with Gasteiger partial charge in [-0.3, -0.25) is 5.32 Å². The van der Waals surface area contributed by atoms with Gasteiger partial charge in [-0.1, -0.05) is 0 Å². The maximum atomic E-state index is 9.22. The third kappa shape index (κ3) is 6.34. The van der Waals surface area contributed by atoms with E-state index in [1.807, 2.05) is 13.8 Å². The van der Waals surface area contributed by atoms with Crippen LogP contribution in [-0.4, -0.2) is 38.0 Å². The maximum Gasteiger partial charge on any atom is 0.104 e. The van der Waals surface area contributed by atoms with E-state index in [0.29, 0.717) is 12.6 Å². The largest absolute Gasteiger partial charge is 0.382 e. The summed E-state index contributed by atoms with van der Waals surface area (Å²) in [6, 6.07) is 2.97. The lowest BCUT2D eigenvalue weighted by molar-refractivity contribution is 0.00737. The molecule has 4 nitrogen and oxygen atoms in total. The molecule has 0 aliphatic heterocycles. The van der Waals surface area contributed by atoms with Crippen LogP contribution < -0.4 is 5.32 Å². The highest BCUT2D eigenvalue weighted by Gasteiger charge is 2.31. The molecule has 18 heavy (non-hydrogen) atoms. The first kappa shape index (κ1) is 15.4. The summed E-state index contributed by atoms with van der Waals surface area (Å²) in [5.74, 6) is 0. The zero-order valence-electron chi connectivity index (χ0n) is 11.9. The van der Waals surface area contributed by atoms with Crippen LogP contribution in [0.1, 0.15) is 46.0 Å². The number of nitriles is 1. The Hall–Kier alpha value is -0.630. The number of rotatable bonds is 10. The molecule has 1 aliphatic carbocycles. The van der Waals surface area contributed by atoms with Gasteiger partial charge >= 0.3 is 0 Å². The lowest BCUT2D eigenvalue weighted by atomic mass is 9.96. The van der Waals surface area contributed by atoms with Crippen molar-refractivity contribution in [2.45, 2.75) is 63.6 Å². The topological polar surface area (TPSA) is 54.3 Å². The highest BCUT2D eigenvalue weighted by atomic mass is 16.5. The molecule has 1 saturated carbocycles. The minimum atomic E-state index is -0.362. The summed E-state index contributed by atoms with van der Waals surface area (Å²) in [5.41, 5.74) is -0.362. The fraction of sp³-hybridized carbons (Fsp3) is 0.929. The first-order valence-electron chi connectivity index (χ1n) is 6.89. The number of hydrogen-bond acceptors (Lipinski definition) is 4. The Balaban J connectivity index is 2.06. The fourth-order valence-corrected chi connectivity index (χ4v) is 1.99. The van der Waals surface area contributed by atoms with Gasteiger partial charge in [0, 0.05) is 19.8 Å². The average molecular weight is 254 g/mol. The molecule has 1 N–H and O–H groups in total. The third-order valence-corrected chi connectivity index (χ3v) is 3.22. The third-order valence-electron chi connectivity index (χ3n) is 3.22. The van der Waals surface area contributed by atoms with E-state index in [1.54, 1.807) is 7.11 Å². The molecule has 1 rings (SSSR count). The van der Waals surface area contributed by atoms with Gasteiger partial charge in [-0.05, 0) is 46.0 Å². The van der Waals surface area contributed by atoms with Gasteiger partial charge in [0.05, 0.1) is 18.8 Å². The van der Waals surface area contributed by atoms with Crippen molar-refractivity contribution in [1.29, 1.82) is 5.26 Å². The molecular formula is C14H26N2O2. The zero-order valence-corrected chi connectivity index (χ0v) is 11.9. The smallest absolute Gasteiger partial charge is 0.104 e. The minimum absolute atomic E-state index is 0.155. The van der Waals surface area contributed by atoms with Crippen molar-refractivity contribution in [3.05, 3.63) is 0 Å². The number of unbranched alkanes of at least 4 members (excludes halogenated alkanes) is 1. The molecular weight excluding hydrogens is 228 g/mol. The molecule has 0 aromatic heterocycles. The van der Waals surface area contributed by atoms with Crippen molar-refractivity contribution in [1.82, 2.24) is 5.32 Å². The predicted molar refractivity (Wildman–Crippen MR) is 71.3 cm³/mol. The van der Waals surface area contributed by atoms with Crippen LogP contribution in [-0.2, 0) is 9.47 Å². The van der Waals surface area contributed by atoms with Crippen LogP contribution >= 0.6 is 0 Å². The predicted octanol–water partition coefficient (Wildman–Crippen LogP) is 2.24. The quantitative estimate of drug-likeness (QED) is 0.607. The van der Waals surface area contributed by atoms with Crippen LogP contribution in [0.5, 0.6) is 0 Å². The molecule has 0 aromatic carbocycles. The van der Waals surface area contributed by atoms with E-state index >= 15 is 0 Å². The summed E-state index contributed by atoms with van der Waals surface area (Å²) < 4.78 is 10.6. The van der Waals surface area contributed by atoms with Crippen molar-refractivity contribution in [2.24, 2.45) is 0 Å². The van der Waals surface area contributed by atoms with E-state index in [-0.39, 0.29) is 11.6 Å². The Morgan fingerprint density at radius 3 is 2.72 bits per heavy atom. The molecule has 0 saturated heterocycles. The number of nitrogens with one attached hydrogen (secondary N) is 1. The van der Waals surface area contributed by atoms with Gasteiger partial charge in [-0.25, -0.2) is 0 Å². The molecule has 0 radical (unpaired) electrons. The van der Waals surface area contributed by atoms with E-state index in [9.17, 15) is 5.26 Å². The Morgan fingerprint density at radius 1 is 1.44 bits per heavy atom. The van der Waals surface area contributed by atoms with E-state index in [4.69, 9.17) is 9.47 Å². The van der Waals surface area contributed by atoms with Crippen LogP contribution in [0.2, 0.25) is 0 Å². The zero-order chi connectivity index (χ0) is 13.4. The van der Waals surface area contributed by atoms with Gasteiger partial charge in [-0.2, -0.15) is 5.26 Å². The molecule has 2 atom stereocenters. The SMILES string of the molecule is COCC(C)OCCCCC(C)(C#N)NC1CC1. The van der Waals surface area contributed by atoms with Crippen LogP contribution in [0.3, 0.4) is 0 Å². The Kier molecular flexibility index (Phi) is 6.62. The Labute approximate surface area is 111 Å². The highest BCUT2D eigenvalue weighted by Crippen LogP contribution is 2.24. The van der Waals surface area contributed by atoms with Gasteiger partial charge in [-0.15, -0.1) is 0 Å². The monoisotopic (exact) mass is 254 g/mol. The van der Waals surface area contributed by atoms with Crippen molar-refractivity contribution >= 4 is 0 Å². The second-order valence-electron chi connectivity index (χ2n) is 5.46. The van der Waals surface area contributed by atoms with Gasteiger partial charge < -0.3 is 9.47 Å². The minimum Gasteiger partial charge on any atom is -0.382 e. The summed E-state index contributed by atoms with van der Waals surface area (Å²) in [5, 5.41) is 12.6. The van der Waals surface area contributed by atoms with Gasteiger partial charge in [0.25, 0.3) is 0 Å². The first-order valence-corrected chi connectivity index (χ1v) is 6.89. The summed E-state index contributed by atoms with van der Waals surface area (Å²) >= 11 is 0. The standard InChI is InChI=1S/C14H26N2O2/c1-12(10-17-3)18-9-5-4-8-14(2,11-15)16-13-6-7-13/h12-13,16H,4-10H2,1-3H3. The number of hydrogen-bond donors (Lipinski definition) is 1. The van der Waals surface area contributed by atoms with Crippen molar-refractivity contribution in [3.8, 4) is 6.07 Å². The molecule has 1 aliphatic rings. The first-order chi connectivity index (χ1) is 8.59. The molecule has 2 unspecified atom stereocenters. The van der Waals surface area contributed by atoms with Crippen LogP contribution in [0.4, 0.5) is 0 Å². The normalized spacial score (nSPS) is 20.1. The number of methoxy groups -OCH3 is 1. The van der Waals surface area contributed by atoms with Crippen molar-refractivity contribution < 1.29 is 9.47 Å². The lowest BCUT2D eigenvalue weighted by Gasteiger charge is -2.23. The Morgan fingerprint density at radius 2 is 2.17 bits per heavy atom. The van der Waals surface area contributed by atoms with Crippen LogP contribution in [0, 0.1) is 11.3 Å². The molecule has 0 aromatic rings. The van der Waals surface area contributed by atoms with E-state index < -0.39 is 0 Å². The second kappa shape index (κ2) is 7.73. The number of nitrogens with zero attached hydrogens (tertiary/aromatic N) is 1. The van der Waals surface area contributed by atoms with Gasteiger partial charge in [0.15, 0.2) is 0 Å². The average Bonchev–Trinajstić information content (AvgIpc) is 3.13. The van der Waals surface area contributed by atoms with Crippen molar-refractivity contribution in [3.63, 3.8) is 0 Å². The summed E-state index contributed by atoms with van der Waals surface area (Å²) in [7, 11) is 1.68. The van der Waals surface area contributed by atoms with Crippen LogP contribution in [0.15, 0.2) is 0 Å². The van der Waals surface area contributed by atoms with E-state index in [2.05, 4.69) is 11.4 Å². The van der Waals surface area contributed by atoms with Gasteiger partial charge in [0.2, 0.25) is 0 Å². The van der Waals surface area contributed by atoms with Crippen LogP contribution in [0.25, 0.3) is 0 Å². The van der Waals surface area contributed by atoms with Crippen molar-refractivity contribution in [2.75, 3.05) is 20.3 Å². The summed E-state index contributed by atoms with van der Waals surface area (Å²) in [6.45, 7) is 5.39.